The summed E-state index contributed by atoms with van der Waals surface area (Å²) < 4.78 is 0. The van der Waals surface area contributed by atoms with Gasteiger partial charge in [0.1, 0.15) is 0 Å². The molecule has 1 heterocycles. The molecule has 19 heavy (non-hydrogen) atoms. The Labute approximate surface area is 114 Å². The first-order valence-corrected chi connectivity index (χ1v) is 6.84. The van der Waals surface area contributed by atoms with E-state index in [4.69, 9.17) is 0 Å². The molecule has 0 amide bonds. The van der Waals surface area contributed by atoms with Crippen molar-refractivity contribution in [3.05, 3.63) is 41.7 Å². The van der Waals surface area contributed by atoms with Crippen LogP contribution in [0.25, 0.3) is 17.1 Å². The highest BCUT2D eigenvalue weighted by Crippen LogP contribution is 2.12. The van der Waals surface area contributed by atoms with Gasteiger partial charge in [-0.1, -0.05) is 24.6 Å². The molecule has 3 nitrogen and oxygen atoms in total. The van der Waals surface area contributed by atoms with Crippen LogP contribution >= 0.6 is 0 Å². The highest BCUT2D eigenvalue weighted by molar-refractivity contribution is 5.74. The van der Waals surface area contributed by atoms with Gasteiger partial charge in [0.15, 0.2) is 0 Å². The van der Waals surface area contributed by atoms with Crippen molar-refractivity contribution in [3.8, 4) is 0 Å². The molecule has 0 fully saturated rings. The monoisotopic (exact) mass is 255 g/mol. The Kier molecular flexibility index (Phi) is 4.63. The Bertz CT molecular complexity index is 575. The van der Waals surface area contributed by atoms with Crippen LogP contribution in [-0.4, -0.2) is 22.6 Å². The van der Waals surface area contributed by atoms with Gasteiger partial charge in [-0.25, -0.2) is 4.98 Å². The lowest BCUT2D eigenvalue weighted by Crippen LogP contribution is -2.27. The third-order valence-corrected chi connectivity index (χ3v) is 3.23. The van der Waals surface area contributed by atoms with Crippen molar-refractivity contribution < 1.29 is 0 Å². The molecule has 100 valence electrons. The maximum Gasteiger partial charge on any atom is 0.0894 e. The van der Waals surface area contributed by atoms with Crippen LogP contribution in [0.5, 0.6) is 0 Å². The third kappa shape index (κ3) is 3.61. The molecule has 0 saturated heterocycles. The average Bonchev–Trinajstić information content (AvgIpc) is 2.44. The molecule has 1 atom stereocenters. The SMILES string of the molecule is CCCNC(C)/C(C)=C/c1cnc2ccccc2n1. The summed E-state index contributed by atoms with van der Waals surface area (Å²) >= 11 is 0. The predicted octanol–water partition coefficient (Wildman–Crippen LogP) is 3.42. The summed E-state index contributed by atoms with van der Waals surface area (Å²) in [5, 5.41) is 3.47. The second kappa shape index (κ2) is 6.43. The van der Waals surface area contributed by atoms with E-state index in [9.17, 15) is 0 Å². The Morgan fingerprint density at radius 2 is 2.05 bits per heavy atom. The van der Waals surface area contributed by atoms with E-state index in [1.54, 1.807) is 0 Å². The molecule has 0 radical (unpaired) electrons. The molecule has 2 rings (SSSR count). The van der Waals surface area contributed by atoms with Gasteiger partial charge in [0.2, 0.25) is 0 Å². The zero-order chi connectivity index (χ0) is 13.7. The van der Waals surface area contributed by atoms with Crippen molar-refractivity contribution in [2.75, 3.05) is 6.54 Å². The maximum absolute atomic E-state index is 4.61. The van der Waals surface area contributed by atoms with E-state index in [1.165, 1.54) is 5.57 Å². The highest BCUT2D eigenvalue weighted by Gasteiger charge is 2.03. The number of rotatable bonds is 5. The average molecular weight is 255 g/mol. The van der Waals surface area contributed by atoms with Crippen molar-refractivity contribution in [1.29, 1.82) is 0 Å². The van der Waals surface area contributed by atoms with Crippen LogP contribution in [0.15, 0.2) is 36.0 Å². The molecule has 0 bridgehead atoms. The van der Waals surface area contributed by atoms with Crippen molar-refractivity contribution in [2.24, 2.45) is 0 Å². The van der Waals surface area contributed by atoms with Crippen molar-refractivity contribution in [2.45, 2.75) is 33.2 Å². The summed E-state index contributed by atoms with van der Waals surface area (Å²) in [5.74, 6) is 0. The number of para-hydroxylation sites is 2. The van der Waals surface area contributed by atoms with Crippen LogP contribution in [0, 0.1) is 0 Å². The van der Waals surface area contributed by atoms with Gasteiger partial charge in [-0.3, -0.25) is 4.98 Å². The van der Waals surface area contributed by atoms with E-state index in [2.05, 4.69) is 42.1 Å². The van der Waals surface area contributed by atoms with Crippen molar-refractivity contribution in [3.63, 3.8) is 0 Å². The van der Waals surface area contributed by atoms with Crippen molar-refractivity contribution >= 4 is 17.1 Å². The molecular formula is C16H21N3. The molecule has 1 unspecified atom stereocenters. The van der Waals surface area contributed by atoms with Crippen LogP contribution in [0.1, 0.15) is 32.9 Å². The van der Waals surface area contributed by atoms with Gasteiger partial charge in [0, 0.05) is 6.04 Å². The van der Waals surface area contributed by atoms with E-state index >= 15 is 0 Å². The maximum atomic E-state index is 4.61. The smallest absolute Gasteiger partial charge is 0.0894 e. The lowest BCUT2D eigenvalue weighted by Gasteiger charge is -2.13. The van der Waals surface area contributed by atoms with Gasteiger partial charge in [-0.2, -0.15) is 0 Å². The molecule has 1 aromatic carbocycles. The Hall–Kier alpha value is -1.74. The molecule has 0 aliphatic heterocycles. The first-order chi connectivity index (χ1) is 9.20. The number of hydrogen-bond acceptors (Lipinski definition) is 3. The zero-order valence-corrected chi connectivity index (χ0v) is 11.9. The summed E-state index contributed by atoms with van der Waals surface area (Å²) in [6.07, 6.45) is 5.08. The van der Waals surface area contributed by atoms with Crippen molar-refractivity contribution in [1.82, 2.24) is 15.3 Å². The lowest BCUT2D eigenvalue weighted by atomic mass is 10.1. The number of nitrogens with zero attached hydrogens (tertiary/aromatic N) is 2. The van der Waals surface area contributed by atoms with Crippen LogP contribution in [0.3, 0.4) is 0 Å². The van der Waals surface area contributed by atoms with E-state index in [1.807, 2.05) is 30.5 Å². The molecule has 0 aliphatic rings. The van der Waals surface area contributed by atoms with Crippen LogP contribution < -0.4 is 5.32 Å². The van der Waals surface area contributed by atoms with E-state index < -0.39 is 0 Å². The fourth-order valence-electron chi connectivity index (χ4n) is 1.92. The van der Waals surface area contributed by atoms with Gasteiger partial charge in [0.25, 0.3) is 0 Å². The molecule has 3 heteroatoms. The third-order valence-electron chi connectivity index (χ3n) is 3.23. The molecule has 0 saturated carbocycles. The summed E-state index contributed by atoms with van der Waals surface area (Å²) in [7, 11) is 0. The predicted molar refractivity (Wildman–Crippen MR) is 80.9 cm³/mol. The Morgan fingerprint density at radius 3 is 2.79 bits per heavy atom. The molecule has 0 spiro atoms. The van der Waals surface area contributed by atoms with Gasteiger partial charge < -0.3 is 5.32 Å². The fraction of sp³-hybridized carbons (Fsp3) is 0.375. The van der Waals surface area contributed by atoms with E-state index in [0.29, 0.717) is 6.04 Å². The standard InChI is InChI=1S/C16H21N3/c1-4-9-17-13(3)12(2)10-14-11-18-15-7-5-6-8-16(15)19-14/h5-8,10-11,13,17H,4,9H2,1-3H3/b12-10+. The van der Waals surface area contributed by atoms with Gasteiger partial charge in [-0.15, -0.1) is 0 Å². The quantitative estimate of drug-likeness (QED) is 0.889. The first kappa shape index (κ1) is 13.7. The zero-order valence-electron chi connectivity index (χ0n) is 11.9. The van der Waals surface area contributed by atoms with Gasteiger partial charge in [0.05, 0.1) is 22.9 Å². The van der Waals surface area contributed by atoms with E-state index in [-0.39, 0.29) is 0 Å². The van der Waals surface area contributed by atoms with Crippen LogP contribution in [-0.2, 0) is 0 Å². The van der Waals surface area contributed by atoms with Gasteiger partial charge in [-0.05, 0) is 45.0 Å². The minimum absolute atomic E-state index is 0.369. The number of nitrogens with one attached hydrogen (secondary N) is 1. The minimum atomic E-state index is 0.369. The summed E-state index contributed by atoms with van der Waals surface area (Å²) in [4.78, 5) is 9.04. The number of aromatic nitrogens is 2. The van der Waals surface area contributed by atoms with Crippen LogP contribution in [0.4, 0.5) is 0 Å². The van der Waals surface area contributed by atoms with E-state index in [0.717, 1.165) is 29.7 Å². The molecule has 2 aromatic rings. The fourth-order valence-corrected chi connectivity index (χ4v) is 1.92. The largest absolute Gasteiger partial charge is 0.311 e. The minimum Gasteiger partial charge on any atom is -0.311 e. The molecule has 1 aromatic heterocycles. The summed E-state index contributed by atoms with van der Waals surface area (Å²) in [5.41, 5.74) is 4.08. The Morgan fingerprint density at radius 1 is 1.32 bits per heavy atom. The highest BCUT2D eigenvalue weighted by atomic mass is 14.9. The van der Waals surface area contributed by atoms with Crippen LogP contribution in [0.2, 0.25) is 0 Å². The summed E-state index contributed by atoms with van der Waals surface area (Å²) in [6.45, 7) is 7.52. The topological polar surface area (TPSA) is 37.8 Å². The molecular weight excluding hydrogens is 234 g/mol. The first-order valence-electron chi connectivity index (χ1n) is 6.84. The Balaban J connectivity index is 2.19. The number of benzene rings is 1. The van der Waals surface area contributed by atoms with Gasteiger partial charge >= 0.3 is 0 Å². The number of fused-ring (bicyclic) bond motifs is 1. The summed E-state index contributed by atoms with van der Waals surface area (Å²) in [6, 6.07) is 8.31. The molecule has 0 aliphatic carbocycles. The lowest BCUT2D eigenvalue weighted by molar-refractivity contribution is 0.604. The molecule has 1 N–H and O–H groups in total. The second-order valence-electron chi connectivity index (χ2n) is 4.85. The number of hydrogen-bond donors (Lipinski definition) is 1. The normalized spacial score (nSPS) is 13.7. The second-order valence-corrected chi connectivity index (χ2v) is 4.85.